The quantitative estimate of drug-likeness (QED) is 0.637. The molecule has 0 spiro atoms. The Balaban J connectivity index is 2.00. The molecule has 138 valence electrons. The molecule has 10 heteroatoms. The van der Waals surface area contributed by atoms with E-state index in [1.807, 2.05) is 0 Å². The van der Waals surface area contributed by atoms with Gasteiger partial charge in [-0.15, -0.1) is 0 Å². The Hall–Kier alpha value is -2.20. The minimum atomic E-state index is -3.82. The van der Waals surface area contributed by atoms with Crippen LogP contribution >= 0.6 is 0 Å². The third-order valence-corrected chi connectivity index (χ3v) is 5.06. The van der Waals surface area contributed by atoms with Crippen LogP contribution in [0.15, 0.2) is 29.2 Å². The van der Waals surface area contributed by atoms with E-state index in [1.54, 1.807) is 20.8 Å². The number of carbonyl (C=O) groups is 1. The summed E-state index contributed by atoms with van der Waals surface area (Å²) >= 11 is 0. The lowest BCUT2D eigenvalue weighted by Gasteiger charge is -2.24. The number of benzene rings is 1. The molecule has 0 bridgehead atoms. The molecule has 25 heavy (non-hydrogen) atoms. The summed E-state index contributed by atoms with van der Waals surface area (Å²) in [6.07, 6.45) is -0.0182. The lowest BCUT2D eigenvalue weighted by atomic mass is 10.2. The highest BCUT2D eigenvalue weighted by Crippen LogP contribution is 2.19. The first-order chi connectivity index (χ1) is 11.5. The Morgan fingerprint density at radius 1 is 1.32 bits per heavy atom. The molecular weight excluding hydrogens is 350 g/mol. The number of hydrogen-bond acceptors (Lipinski definition) is 6. The molecule has 1 aromatic carbocycles. The molecule has 0 aliphatic carbocycles. The van der Waals surface area contributed by atoms with Gasteiger partial charge < -0.3 is 9.64 Å². The number of non-ortho nitro benzene ring substituents is 1. The molecule has 1 fully saturated rings. The average molecular weight is 371 g/mol. The molecule has 1 saturated heterocycles. The van der Waals surface area contributed by atoms with Crippen LogP contribution in [-0.2, 0) is 14.8 Å². The van der Waals surface area contributed by atoms with Crippen molar-refractivity contribution in [3.8, 4) is 0 Å². The summed E-state index contributed by atoms with van der Waals surface area (Å²) in [6, 6.07) is 4.20. The first-order valence-electron chi connectivity index (χ1n) is 7.73. The van der Waals surface area contributed by atoms with E-state index in [4.69, 9.17) is 4.74 Å². The Morgan fingerprint density at radius 2 is 1.92 bits per heavy atom. The standard InChI is InChI=1S/C15H21N3O6S/c1-15(2,3)24-14(19)17-9-8-11(10-17)16-25(22,23)13-6-4-12(5-7-13)18(20)21/h4-7,11,16H,8-10H2,1-3H3/t11-/m0/s1. The molecule has 1 amide bonds. The zero-order valence-corrected chi connectivity index (χ0v) is 15.1. The van der Waals surface area contributed by atoms with Gasteiger partial charge in [-0.05, 0) is 39.3 Å². The molecule has 1 heterocycles. The van der Waals surface area contributed by atoms with Gasteiger partial charge in [-0.25, -0.2) is 17.9 Å². The number of nitrogens with one attached hydrogen (secondary N) is 1. The maximum Gasteiger partial charge on any atom is 0.410 e. The minimum Gasteiger partial charge on any atom is -0.444 e. The fourth-order valence-electron chi connectivity index (χ4n) is 2.38. The second-order valence-corrected chi connectivity index (χ2v) is 8.50. The van der Waals surface area contributed by atoms with Crippen molar-refractivity contribution in [1.82, 2.24) is 9.62 Å². The Labute approximate surface area is 146 Å². The molecule has 0 radical (unpaired) electrons. The molecule has 9 nitrogen and oxygen atoms in total. The molecule has 1 aliphatic rings. The number of nitrogens with zero attached hydrogens (tertiary/aromatic N) is 2. The van der Waals surface area contributed by atoms with Crippen molar-refractivity contribution in [2.45, 2.75) is 43.7 Å². The summed E-state index contributed by atoms with van der Waals surface area (Å²) in [6.45, 7) is 5.88. The molecule has 0 unspecified atom stereocenters. The van der Waals surface area contributed by atoms with Gasteiger partial charge in [-0.3, -0.25) is 10.1 Å². The number of amides is 1. The largest absolute Gasteiger partial charge is 0.444 e. The fourth-order valence-corrected chi connectivity index (χ4v) is 3.64. The van der Waals surface area contributed by atoms with Gasteiger partial charge in [-0.1, -0.05) is 0 Å². The highest BCUT2D eigenvalue weighted by atomic mass is 32.2. The third-order valence-electron chi connectivity index (χ3n) is 3.52. The van der Waals surface area contributed by atoms with Crippen molar-refractivity contribution >= 4 is 21.8 Å². The molecule has 0 aromatic heterocycles. The van der Waals surface area contributed by atoms with Crippen molar-refractivity contribution < 1.29 is 22.9 Å². The summed E-state index contributed by atoms with van der Waals surface area (Å²) in [7, 11) is -3.82. The summed E-state index contributed by atoms with van der Waals surface area (Å²) < 4.78 is 32.5. The number of sulfonamides is 1. The van der Waals surface area contributed by atoms with Gasteiger partial charge in [0.25, 0.3) is 5.69 Å². The smallest absolute Gasteiger partial charge is 0.410 e. The maximum absolute atomic E-state index is 12.4. The van der Waals surface area contributed by atoms with Crippen molar-refractivity contribution in [1.29, 1.82) is 0 Å². The number of likely N-dealkylation sites (tertiary alicyclic amines) is 1. The minimum absolute atomic E-state index is 0.0613. The van der Waals surface area contributed by atoms with Gasteiger partial charge in [0, 0.05) is 31.3 Å². The zero-order chi connectivity index (χ0) is 18.8. The van der Waals surface area contributed by atoms with E-state index in [0.29, 0.717) is 13.0 Å². The summed E-state index contributed by atoms with van der Waals surface area (Å²) in [5.74, 6) is 0. The molecular formula is C15H21N3O6S. The highest BCUT2D eigenvalue weighted by molar-refractivity contribution is 7.89. The Morgan fingerprint density at radius 3 is 2.44 bits per heavy atom. The summed E-state index contributed by atoms with van der Waals surface area (Å²) in [4.78, 5) is 23.4. The lowest BCUT2D eigenvalue weighted by molar-refractivity contribution is -0.384. The topological polar surface area (TPSA) is 119 Å². The highest BCUT2D eigenvalue weighted by Gasteiger charge is 2.32. The van der Waals surface area contributed by atoms with Crippen LogP contribution < -0.4 is 4.72 Å². The number of hydrogen-bond donors (Lipinski definition) is 1. The average Bonchev–Trinajstić information content (AvgIpc) is 2.93. The van der Waals surface area contributed by atoms with Gasteiger partial charge in [0.15, 0.2) is 0 Å². The normalized spacial score (nSPS) is 18.2. The number of nitro benzene ring substituents is 1. The number of ether oxygens (including phenoxy) is 1. The van der Waals surface area contributed by atoms with Gasteiger partial charge in [-0.2, -0.15) is 0 Å². The van der Waals surface area contributed by atoms with E-state index in [2.05, 4.69) is 4.72 Å². The van der Waals surface area contributed by atoms with E-state index in [9.17, 15) is 23.3 Å². The van der Waals surface area contributed by atoms with Crippen molar-refractivity contribution in [3.05, 3.63) is 34.4 Å². The Bertz CT molecular complexity index is 754. The second kappa shape index (κ2) is 6.96. The van der Waals surface area contributed by atoms with Crippen LogP contribution in [0.2, 0.25) is 0 Å². The molecule has 1 N–H and O–H groups in total. The predicted molar refractivity (Wildman–Crippen MR) is 89.6 cm³/mol. The van der Waals surface area contributed by atoms with Crippen LogP contribution in [0.4, 0.5) is 10.5 Å². The fraction of sp³-hybridized carbons (Fsp3) is 0.533. The van der Waals surface area contributed by atoms with Crippen LogP contribution in [0, 0.1) is 10.1 Å². The van der Waals surface area contributed by atoms with E-state index in [1.165, 1.54) is 17.0 Å². The second-order valence-electron chi connectivity index (χ2n) is 6.78. The third kappa shape index (κ3) is 5.13. The zero-order valence-electron chi connectivity index (χ0n) is 14.3. The molecule has 1 atom stereocenters. The van der Waals surface area contributed by atoms with E-state index < -0.39 is 32.7 Å². The molecule has 1 aliphatic heterocycles. The lowest BCUT2D eigenvalue weighted by Crippen LogP contribution is -2.40. The number of rotatable bonds is 4. The van der Waals surface area contributed by atoms with Crippen LogP contribution in [0.1, 0.15) is 27.2 Å². The maximum atomic E-state index is 12.4. The monoisotopic (exact) mass is 371 g/mol. The van der Waals surface area contributed by atoms with Crippen molar-refractivity contribution in [3.63, 3.8) is 0 Å². The number of nitro groups is 1. The van der Waals surface area contributed by atoms with E-state index in [-0.39, 0.29) is 17.1 Å². The van der Waals surface area contributed by atoms with Crippen LogP contribution in [0.25, 0.3) is 0 Å². The van der Waals surface area contributed by atoms with Crippen molar-refractivity contribution in [2.75, 3.05) is 13.1 Å². The molecule has 1 aromatic rings. The predicted octanol–water partition coefficient (Wildman–Crippen LogP) is 1.88. The van der Waals surface area contributed by atoms with Gasteiger partial charge in [0.05, 0.1) is 9.82 Å². The van der Waals surface area contributed by atoms with Crippen molar-refractivity contribution in [2.24, 2.45) is 0 Å². The first kappa shape index (κ1) is 19.1. The van der Waals surface area contributed by atoms with E-state index in [0.717, 1.165) is 12.1 Å². The first-order valence-corrected chi connectivity index (χ1v) is 9.21. The SMILES string of the molecule is CC(C)(C)OC(=O)N1CC[C@H](NS(=O)(=O)c2ccc([N+](=O)[O-])cc2)C1. The van der Waals surface area contributed by atoms with Gasteiger partial charge in [0.2, 0.25) is 10.0 Å². The Kier molecular flexibility index (Phi) is 5.33. The van der Waals surface area contributed by atoms with E-state index >= 15 is 0 Å². The summed E-state index contributed by atoms with van der Waals surface area (Å²) in [5, 5.41) is 10.6. The number of carbonyl (C=O) groups excluding carboxylic acids is 1. The molecule has 0 saturated carbocycles. The van der Waals surface area contributed by atoms with Crippen LogP contribution in [-0.4, -0.2) is 49.1 Å². The van der Waals surface area contributed by atoms with Gasteiger partial charge >= 0.3 is 6.09 Å². The van der Waals surface area contributed by atoms with Crippen LogP contribution in [0.5, 0.6) is 0 Å². The summed E-state index contributed by atoms with van der Waals surface area (Å²) in [5.41, 5.74) is -0.802. The van der Waals surface area contributed by atoms with Crippen LogP contribution in [0.3, 0.4) is 0 Å². The molecule has 2 rings (SSSR count). The van der Waals surface area contributed by atoms with Gasteiger partial charge in [0.1, 0.15) is 5.60 Å².